The topological polar surface area (TPSA) is 87.9 Å². The number of nitrogens with zero attached hydrogens (tertiary/aromatic N) is 1. The summed E-state index contributed by atoms with van der Waals surface area (Å²) in [5.41, 5.74) is 2.68. The first-order chi connectivity index (χ1) is 18.6. The number of furan rings is 1. The zero-order chi connectivity index (χ0) is 26.1. The number of Topliss-reactive ketones (excluding diaryl/α,β-unsaturated/α-hetero) is 1. The van der Waals surface area contributed by atoms with Crippen LogP contribution in [0.4, 0.5) is 0 Å². The molecule has 3 aromatic carbocycles. The van der Waals surface area contributed by atoms with Crippen molar-refractivity contribution in [1.82, 2.24) is 4.98 Å². The Hall–Kier alpha value is -5.17. The SMILES string of the molecule is CCOc1ccc2oc(-c3ccccc3)c(C(=O)Oc3ccc4c(c3)O/C(=C\c3cccnc3)C4=O)c2c1. The molecule has 0 bridgehead atoms. The second-order valence-electron chi connectivity index (χ2n) is 8.54. The van der Waals surface area contributed by atoms with E-state index in [1.165, 1.54) is 6.07 Å². The van der Waals surface area contributed by atoms with Gasteiger partial charge in [-0.2, -0.15) is 0 Å². The molecule has 0 spiro atoms. The minimum Gasteiger partial charge on any atom is -0.494 e. The lowest BCUT2D eigenvalue weighted by Gasteiger charge is -2.07. The van der Waals surface area contributed by atoms with Gasteiger partial charge in [0.15, 0.2) is 5.76 Å². The van der Waals surface area contributed by atoms with Gasteiger partial charge >= 0.3 is 5.97 Å². The first kappa shape index (κ1) is 23.2. The first-order valence-electron chi connectivity index (χ1n) is 12.1. The molecule has 0 saturated heterocycles. The highest BCUT2D eigenvalue weighted by Crippen LogP contribution is 2.38. The van der Waals surface area contributed by atoms with Crippen LogP contribution in [-0.2, 0) is 0 Å². The predicted molar refractivity (Wildman–Crippen MR) is 141 cm³/mol. The van der Waals surface area contributed by atoms with Gasteiger partial charge in [0.25, 0.3) is 0 Å². The molecule has 0 amide bonds. The van der Waals surface area contributed by atoms with Crippen molar-refractivity contribution < 1.29 is 28.2 Å². The molecule has 2 aromatic heterocycles. The average molecular weight is 504 g/mol. The summed E-state index contributed by atoms with van der Waals surface area (Å²) in [4.78, 5) is 30.4. The molecule has 186 valence electrons. The van der Waals surface area contributed by atoms with E-state index in [2.05, 4.69) is 4.98 Å². The molecule has 7 heteroatoms. The van der Waals surface area contributed by atoms with Crippen LogP contribution in [-0.4, -0.2) is 23.3 Å². The van der Waals surface area contributed by atoms with E-state index in [-0.39, 0.29) is 22.9 Å². The van der Waals surface area contributed by atoms with Crippen molar-refractivity contribution in [2.75, 3.05) is 6.61 Å². The summed E-state index contributed by atoms with van der Waals surface area (Å²) < 4.78 is 23.3. The van der Waals surface area contributed by atoms with Gasteiger partial charge in [-0.05, 0) is 55.0 Å². The second-order valence-corrected chi connectivity index (χ2v) is 8.54. The van der Waals surface area contributed by atoms with E-state index in [0.717, 1.165) is 11.1 Å². The van der Waals surface area contributed by atoms with E-state index in [9.17, 15) is 9.59 Å². The lowest BCUT2D eigenvalue weighted by atomic mass is 10.1. The summed E-state index contributed by atoms with van der Waals surface area (Å²) in [6, 6.07) is 23.0. The molecule has 0 atom stereocenters. The van der Waals surface area contributed by atoms with Crippen molar-refractivity contribution in [1.29, 1.82) is 0 Å². The van der Waals surface area contributed by atoms with Gasteiger partial charge in [0.2, 0.25) is 5.78 Å². The Bertz CT molecular complexity index is 1700. The number of pyridine rings is 1. The molecule has 1 aliphatic rings. The maximum atomic E-state index is 13.6. The maximum Gasteiger partial charge on any atom is 0.348 e. The Morgan fingerprint density at radius 1 is 0.974 bits per heavy atom. The number of hydrogen-bond acceptors (Lipinski definition) is 7. The van der Waals surface area contributed by atoms with E-state index >= 15 is 0 Å². The number of allylic oxidation sites excluding steroid dienone is 1. The van der Waals surface area contributed by atoms with Crippen LogP contribution in [0.15, 0.2) is 101 Å². The minimum atomic E-state index is -0.605. The van der Waals surface area contributed by atoms with Crippen molar-refractivity contribution >= 4 is 28.8 Å². The summed E-state index contributed by atoms with van der Waals surface area (Å²) >= 11 is 0. The van der Waals surface area contributed by atoms with E-state index in [1.54, 1.807) is 54.9 Å². The molecule has 0 aliphatic carbocycles. The summed E-state index contributed by atoms with van der Waals surface area (Å²) in [6.45, 7) is 2.38. The Kier molecular flexibility index (Phi) is 5.94. The molecule has 0 fully saturated rings. The highest BCUT2D eigenvalue weighted by molar-refractivity contribution is 6.15. The molecule has 7 nitrogen and oxygen atoms in total. The van der Waals surface area contributed by atoms with Gasteiger partial charge in [0.05, 0.1) is 12.2 Å². The Morgan fingerprint density at radius 3 is 2.61 bits per heavy atom. The van der Waals surface area contributed by atoms with Gasteiger partial charge in [-0.1, -0.05) is 36.4 Å². The van der Waals surface area contributed by atoms with Crippen LogP contribution in [0.5, 0.6) is 17.2 Å². The summed E-state index contributed by atoms with van der Waals surface area (Å²) in [7, 11) is 0. The number of esters is 1. The second kappa shape index (κ2) is 9.71. The van der Waals surface area contributed by atoms with Crippen molar-refractivity contribution in [2.24, 2.45) is 0 Å². The van der Waals surface area contributed by atoms with Crippen LogP contribution in [0.2, 0.25) is 0 Å². The highest BCUT2D eigenvalue weighted by atomic mass is 16.5. The summed E-state index contributed by atoms with van der Waals surface area (Å²) in [6.07, 6.45) is 4.91. The molecule has 1 aliphatic heterocycles. The van der Waals surface area contributed by atoms with Crippen molar-refractivity contribution in [2.45, 2.75) is 6.92 Å². The number of ketones is 1. The molecule has 5 aromatic rings. The molecule has 6 rings (SSSR count). The van der Waals surface area contributed by atoms with E-state index in [4.69, 9.17) is 18.6 Å². The fourth-order valence-electron chi connectivity index (χ4n) is 4.33. The third-order valence-electron chi connectivity index (χ3n) is 6.04. The standard InChI is InChI=1S/C31H21NO6/c1-2-35-21-11-13-25-24(16-21)28(30(38-25)20-8-4-3-5-9-20)31(34)36-22-10-12-23-26(17-22)37-27(29(23)33)15-19-7-6-14-32-18-19/h3-18H,2H2,1H3/b27-15-. The van der Waals surface area contributed by atoms with Crippen LogP contribution < -0.4 is 14.2 Å². The van der Waals surface area contributed by atoms with Gasteiger partial charge in [-0.25, -0.2) is 4.79 Å². The smallest absolute Gasteiger partial charge is 0.348 e. The fourth-order valence-corrected chi connectivity index (χ4v) is 4.33. The number of benzene rings is 3. The Labute approximate surface area is 217 Å². The lowest BCUT2D eigenvalue weighted by molar-refractivity contribution is 0.0736. The average Bonchev–Trinajstić information content (AvgIpc) is 3.47. The van der Waals surface area contributed by atoms with Crippen molar-refractivity contribution in [3.63, 3.8) is 0 Å². The number of carbonyl (C=O) groups is 2. The normalized spacial score (nSPS) is 13.4. The minimum absolute atomic E-state index is 0.173. The van der Waals surface area contributed by atoms with Gasteiger partial charge in [-0.15, -0.1) is 0 Å². The molecule has 0 unspecified atom stereocenters. The van der Waals surface area contributed by atoms with Crippen LogP contribution in [0.25, 0.3) is 28.4 Å². The van der Waals surface area contributed by atoms with Crippen molar-refractivity contribution in [3.8, 4) is 28.6 Å². The Morgan fingerprint density at radius 2 is 1.82 bits per heavy atom. The van der Waals surface area contributed by atoms with Crippen LogP contribution in [0.3, 0.4) is 0 Å². The quantitative estimate of drug-likeness (QED) is 0.144. The zero-order valence-corrected chi connectivity index (χ0v) is 20.3. The monoisotopic (exact) mass is 503 g/mol. The maximum absolute atomic E-state index is 13.6. The highest BCUT2D eigenvalue weighted by Gasteiger charge is 2.29. The number of rotatable bonds is 6. The predicted octanol–water partition coefficient (Wildman–Crippen LogP) is 6.73. The number of ether oxygens (including phenoxy) is 3. The lowest BCUT2D eigenvalue weighted by Crippen LogP contribution is -2.09. The summed E-state index contributed by atoms with van der Waals surface area (Å²) in [5, 5.41) is 0.578. The number of carbonyl (C=O) groups excluding carboxylic acids is 2. The fraction of sp³-hybridized carbons (Fsp3) is 0.0645. The third kappa shape index (κ3) is 4.30. The zero-order valence-electron chi connectivity index (χ0n) is 20.3. The largest absolute Gasteiger partial charge is 0.494 e. The van der Waals surface area contributed by atoms with E-state index < -0.39 is 5.97 Å². The molecular formula is C31H21NO6. The van der Waals surface area contributed by atoms with Crippen molar-refractivity contribution in [3.05, 3.63) is 114 Å². The number of fused-ring (bicyclic) bond motifs is 2. The van der Waals surface area contributed by atoms with Crippen LogP contribution in [0.1, 0.15) is 33.2 Å². The number of hydrogen-bond donors (Lipinski definition) is 0. The molecule has 38 heavy (non-hydrogen) atoms. The third-order valence-corrected chi connectivity index (χ3v) is 6.04. The molecule has 3 heterocycles. The van der Waals surface area contributed by atoms with Crippen LogP contribution in [0, 0.1) is 0 Å². The van der Waals surface area contributed by atoms with Gasteiger partial charge in [-0.3, -0.25) is 9.78 Å². The van der Waals surface area contributed by atoms with Gasteiger partial charge < -0.3 is 18.6 Å². The summed E-state index contributed by atoms with van der Waals surface area (Å²) in [5.74, 6) is 0.879. The molecular weight excluding hydrogens is 482 g/mol. The molecule has 0 radical (unpaired) electrons. The van der Waals surface area contributed by atoms with Crippen LogP contribution >= 0.6 is 0 Å². The van der Waals surface area contributed by atoms with E-state index in [1.807, 2.05) is 43.3 Å². The Balaban J connectivity index is 1.34. The van der Waals surface area contributed by atoms with Gasteiger partial charge in [0, 0.05) is 29.4 Å². The van der Waals surface area contributed by atoms with Gasteiger partial charge in [0.1, 0.15) is 34.2 Å². The molecule has 0 saturated carbocycles. The first-order valence-corrected chi connectivity index (χ1v) is 12.1. The van der Waals surface area contributed by atoms with E-state index in [0.29, 0.717) is 40.4 Å². The number of aromatic nitrogens is 1. The molecule has 0 N–H and O–H groups in total.